The fourth-order valence-electron chi connectivity index (χ4n) is 6.75. The lowest BCUT2D eigenvalue weighted by Crippen LogP contribution is -2.48. The number of aliphatic carboxylic acids is 1. The highest BCUT2D eigenvalue weighted by molar-refractivity contribution is 5.85. The van der Waals surface area contributed by atoms with Gasteiger partial charge in [-0.2, -0.15) is 5.48 Å². The van der Waals surface area contributed by atoms with E-state index in [0.717, 1.165) is 46.3 Å². The molecule has 3 N–H and O–H groups in total. The molecule has 5 heteroatoms. The Balaban J connectivity index is 1.50. The van der Waals surface area contributed by atoms with Crippen LogP contribution in [0, 0.1) is 17.8 Å². The fourth-order valence-corrected chi connectivity index (χ4v) is 6.75. The molecule has 0 saturated heterocycles. The highest BCUT2D eigenvalue weighted by atomic mass is 16.6. The van der Waals surface area contributed by atoms with Crippen molar-refractivity contribution in [2.24, 2.45) is 17.8 Å². The van der Waals surface area contributed by atoms with E-state index < -0.39 is 5.97 Å². The van der Waals surface area contributed by atoms with Gasteiger partial charge in [-0.1, -0.05) is 30.3 Å². The number of carbonyl (C=O) groups is 1. The number of rotatable bonds is 7. The molecule has 31 heavy (non-hydrogen) atoms. The molecule has 4 saturated carbocycles. The third-order valence-corrected chi connectivity index (χ3v) is 7.54. The van der Waals surface area contributed by atoms with Crippen LogP contribution in [-0.2, 0) is 10.2 Å². The molecule has 0 spiro atoms. The summed E-state index contributed by atoms with van der Waals surface area (Å²) >= 11 is 0. The van der Waals surface area contributed by atoms with Crippen LogP contribution in [0.3, 0.4) is 0 Å². The lowest BCUT2D eigenvalue weighted by atomic mass is 9.48. The Morgan fingerprint density at radius 1 is 1.00 bits per heavy atom. The van der Waals surface area contributed by atoms with Gasteiger partial charge < -0.3 is 15.1 Å². The Labute approximate surface area is 182 Å². The van der Waals surface area contributed by atoms with Gasteiger partial charge >= 0.3 is 5.97 Å². The van der Waals surface area contributed by atoms with Crippen LogP contribution < -0.4 is 10.2 Å². The lowest BCUT2D eigenvalue weighted by Gasteiger charge is -2.57. The maximum Gasteiger partial charge on any atom is 0.328 e. The van der Waals surface area contributed by atoms with Crippen molar-refractivity contribution in [3.8, 4) is 16.9 Å². The predicted molar refractivity (Wildman–Crippen MR) is 119 cm³/mol. The summed E-state index contributed by atoms with van der Waals surface area (Å²) in [5.74, 6) is 2.42. The molecule has 4 bridgehead atoms. The lowest BCUT2D eigenvalue weighted by molar-refractivity contribution is -0.131. The van der Waals surface area contributed by atoms with Crippen LogP contribution in [0.25, 0.3) is 17.2 Å². The first-order chi connectivity index (χ1) is 15.0. The third-order valence-electron chi connectivity index (χ3n) is 7.54. The van der Waals surface area contributed by atoms with E-state index in [0.29, 0.717) is 0 Å². The maximum atomic E-state index is 10.7. The van der Waals surface area contributed by atoms with E-state index in [1.54, 1.807) is 6.08 Å². The van der Waals surface area contributed by atoms with Crippen LogP contribution in [0.5, 0.6) is 5.75 Å². The largest absolute Gasteiger partial charge is 0.478 e. The maximum absolute atomic E-state index is 10.7. The van der Waals surface area contributed by atoms with E-state index in [-0.39, 0.29) is 12.1 Å². The first kappa shape index (κ1) is 20.3. The van der Waals surface area contributed by atoms with E-state index in [4.69, 9.17) is 15.1 Å². The zero-order valence-corrected chi connectivity index (χ0v) is 17.6. The molecule has 0 aliphatic heterocycles. The van der Waals surface area contributed by atoms with E-state index in [1.807, 2.05) is 30.3 Å². The molecule has 0 amide bonds. The molecule has 0 radical (unpaired) electrons. The topological polar surface area (TPSA) is 78.8 Å². The Hall–Kier alpha value is -2.63. The number of hydrogen-bond donors (Lipinski definition) is 3. The van der Waals surface area contributed by atoms with Crippen molar-refractivity contribution in [1.82, 2.24) is 5.48 Å². The summed E-state index contributed by atoms with van der Waals surface area (Å²) in [7, 11) is 0. The highest BCUT2D eigenvalue weighted by Crippen LogP contribution is 2.62. The summed E-state index contributed by atoms with van der Waals surface area (Å²) in [6, 6.07) is 14.4. The van der Waals surface area contributed by atoms with Gasteiger partial charge in [-0.3, -0.25) is 0 Å². The van der Waals surface area contributed by atoms with E-state index in [1.165, 1.54) is 44.1 Å². The summed E-state index contributed by atoms with van der Waals surface area (Å²) in [5, 5.41) is 17.9. The molecule has 6 rings (SSSR count). The Kier molecular flexibility index (Phi) is 5.32. The second-order valence-electron chi connectivity index (χ2n) is 9.65. The van der Waals surface area contributed by atoms with Crippen molar-refractivity contribution in [1.29, 1.82) is 0 Å². The van der Waals surface area contributed by atoms with Crippen molar-refractivity contribution >= 4 is 12.0 Å². The number of carboxylic acid groups (broad SMARTS) is 1. The van der Waals surface area contributed by atoms with Crippen LogP contribution in [0.4, 0.5) is 0 Å². The third kappa shape index (κ3) is 4.00. The van der Waals surface area contributed by atoms with Crippen LogP contribution in [0.15, 0.2) is 48.5 Å². The van der Waals surface area contributed by atoms with E-state index in [2.05, 4.69) is 17.6 Å². The SMILES string of the molecule is O=C(O)/C=C/c1ccc(-c2ccc(OCNO)c(C34CC5CC(CC(C5)C3)C4)c2)cc1. The van der Waals surface area contributed by atoms with Gasteiger partial charge in [0.05, 0.1) is 0 Å². The highest BCUT2D eigenvalue weighted by Gasteiger charge is 2.52. The van der Waals surface area contributed by atoms with Crippen LogP contribution in [0.2, 0.25) is 0 Å². The van der Waals surface area contributed by atoms with Crippen LogP contribution in [0.1, 0.15) is 49.7 Å². The number of carboxylic acids is 1. The molecule has 0 atom stereocenters. The second kappa shape index (κ2) is 8.13. The molecule has 4 aliphatic carbocycles. The van der Waals surface area contributed by atoms with Gasteiger partial charge in [-0.15, -0.1) is 0 Å². The smallest absolute Gasteiger partial charge is 0.328 e. The Morgan fingerprint density at radius 3 is 2.19 bits per heavy atom. The quantitative estimate of drug-likeness (QED) is 0.325. The molecule has 0 aromatic heterocycles. The summed E-state index contributed by atoms with van der Waals surface area (Å²) in [4.78, 5) is 10.7. The van der Waals surface area contributed by atoms with E-state index in [9.17, 15) is 4.79 Å². The van der Waals surface area contributed by atoms with Gasteiger partial charge in [-0.05, 0) is 96.6 Å². The molecule has 0 heterocycles. The molecular formula is C26H29NO4. The van der Waals surface area contributed by atoms with Crippen LogP contribution >= 0.6 is 0 Å². The van der Waals surface area contributed by atoms with Crippen molar-refractivity contribution in [3.05, 3.63) is 59.7 Å². The molecule has 4 aliphatic rings. The molecule has 2 aromatic rings. The predicted octanol–water partition coefficient (Wildman–Crippen LogP) is 5.23. The normalized spacial score (nSPS) is 28.9. The number of nitrogens with one attached hydrogen (secondary N) is 1. The number of ether oxygens (including phenoxy) is 1. The molecule has 162 valence electrons. The Bertz CT molecular complexity index is 960. The summed E-state index contributed by atoms with van der Waals surface area (Å²) in [5.41, 5.74) is 6.69. The zero-order valence-electron chi connectivity index (χ0n) is 17.6. The fraction of sp³-hybridized carbons (Fsp3) is 0.423. The average molecular weight is 420 g/mol. The van der Waals surface area contributed by atoms with Gasteiger partial charge in [0.2, 0.25) is 0 Å². The minimum Gasteiger partial charge on any atom is -0.478 e. The van der Waals surface area contributed by atoms with Gasteiger partial charge in [0.1, 0.15) is 5.75 Å². The Morgan fingerprint density at radius 2 is 1.61 bits per heavy atom. The summed E-state index contributed by atoms with van der Waals surface area (Å²) in [6.07, 6.45) is 10.6. The van der Waals surface area contributed by atoms with Crippen molar-refractivity contribution in [2.75, 3.05) is 6.73 Å². The van der Waals surface area contributed by atoms with Crippen LogP contribution in [-0.4, -0.2) is 23.0 Å². The minimum absolute atomic E-state index is 0.0727. The van der Waals surface area contributed by atoms with Crippen molar-refractivity contribution in [2.45, 2.75) is 43.9 Å². The van der Waals surface area contributed by atoms with Gasteiger partial charge in [0, 0.05) is 11.6 Å². The van der Waals surface area contributed by atoms with Crippen molar-refractivity contribution < 1.29 is 19.8 Å². The number of hydrogen-bond acceptors (Lipinski definition) is 4. The molecular weight excluding hydrogens is 390 g/mol. The van der Waals surface area contributed by atoms with E-state index >= 15 is 0 Å². The van der Waals surface area contributed by atoms with Gasteiger partial charge in [-0.25, -0.2) is 4.79 Å². The first-order valence-electron chi connectivity index (χ1n) is 11.2. The van der Waals surface area contributed by atoms with Crippen molar-refractivity contribution in [3.63, 3.8) is 0 Å². The zero-order chi connectivity index (χ0) is 21.4. The number of benzene rings is 2. The molecule has 0 unspecified atom stereocenters. The first-order valence-corrected chi connectivity index (χ1v) is 11.2. The summed E-state index contributed by atoms with van der Waals surface area (Å²) < 4.78 is 5.91. The number of hydroxylamine groups is 1. The molecule has 5 nitrogen and oxygen atoms in total. The summed E-state index contributed by atoms with van der Waals surface area (Å²) in [6.45, 7) is 0.0727. The molecule has 2 aromatic carbocycles. The van der Waals surface area contributed by atoms with Gasteiger partial charge in [0.25, 0.3) is 0 Å². The second-order valence-corrected chi connectivity index (χ2v) is 9.65. The van der Waals surface area contributed by atoms with Gasteiger partial charge in [0.15, 0.2) is 6.73 Å². The standard InChI is InChI=1S/C26H29NO4/c28-25(29)8-3-17-1-4-21(5-2-17)22-6-7-24(31-16-27-30)23(12-22)26-13-18-9-19(14-26)11-20(10-18)15-26/h1-8,12,18-20,27,30H,9-11,13-16H2,(H,28,29)/b8-3+. The minimum atomic E-state index is -0.947. The monoisotopic (exact) mass is 419 g/mol. The molecule has 4 fully saturated rings. The average Bonchev–Trinajstić information content (AvgIpc) is 2.75.